The van der Waals surface area contributed by atoms with Crippen LogP contribution in [0.15, 0.2) is 53.5 Å². The van der Waals surface area contributed by atoms with Crippen molar-refractivity contribution in [1.29, 1.82) is 0 Å². The smallest absolute Gasteiger partial charge is 0.341 e. The Morgan fingerprint density at radius 1 is 1.17 bits per heavy atom. The lowest BCUT2D eigenvalue weighted by Gasteiger charge is -2.38. The molecule has 36 heavy (non-hydrogen) atoms. The highest BCUT2D eigenvalue weighted by Crippen LogP contribution is 2.54. The second-order valence-electron chi connectivity index (χ2n) is 9.73. The first kappa shape index (κ1) is 24.6. The number of aromatic carboxylic acids is 1. The second-order valence-corrected chi connectivity index (χ2v) is 10.1. The molecule has 0 amide bonds. The van der Waals surface area contributed by atoms with Gasteiger partial charge in [0.05, 0.1) is 30.6 Å². The number of carboxylic acids is 1. The zero-order chi connectivity index (χ0) is 25.6. The van der Waals surface area contributed by atoms with Crippen LogP contribution in [-0.4, -0.2) is 48.2 Å². The molecule has 1 N–H and O–H groups in total. The average molecular weight is 510 g/mol. The van der Waals surface area contributed by atoms with Crippen LogP contribution < -0.4 is 10.2 Å². The topological polar surface area (TPSA) is 87.0 Å². The van der Waals surface area contributed by atoms with Gasteiger partial charge in [-0.15, -0.1) is 0 Å². The number of hydrogen-bond donors (Lipinski definition) is 1. The number of aromatic nitrogens is 1. The average Bonchev–Trinajstić information content (AvgIpc) is 3.17. The van der Waals surface area contributed by atoms with Crippen LogP contribution in [0.4, 0.5) is 0 Å². The zero-order valence-corrected chi connectivity index (χ0v) is 21.2. The first-order valence-corrected chi connectivity index (χ1v) is 12.3. The predicted molar refractivity (Wildman–Crippen MR) is 137 cm³/mol. The van der Waals surface area contributed by atoms with Gasteiger partial charge in [-0.2, -0.15) is 0 Å². The Morgan fingerprint density at radius 3 is 2.67 bits per heavy atom. The number of carbonyl (C=O) groups is 1. The Hall–Kier alpha value is -3.13. The molecular formula is C28H28ClNO6. The Balaban J connectivity index is 1.75. The molecule has 0 radical (unpaired) electrons. The molecule has 0 spiro atoms. The number of methoxy groups -OCH3 is 1. The third-order valence-electron chi connectivity index (χ3n) is 7.08. The first-order valence-electron chi connectivity index (χ1n) is 11.9. The number of carboxylic acid groups (broad SMARTS) is 1. The van der Waals surface area contributed by atoms with E-state index in [9.17, 15) is 14.7 Å². The summed E-state index contributed by atoms with van der Waals surface area (Å²) in [5, 5.41) is 10.2. The van der Waals surface area contributed by atoms with Crippen molar-refractivity contribution in [2.24, 2.45) is 0 Å². The highest BCUT2D eigenvalue weighted by molar-refractivity contribution is 6.33. The lowest BCUT2D eigenvalue weighted by Crippen LogP contribution is -2.36. The molecule has 2 aliphatic rings. The third-order valence-corrected chi connectivity index (χ3v) is 7.41. The van der Waals surface area contributed by atoms with Crippen LogP contribution in [0, 0.1) is 0 Å². The first-order chi connectivity index (χ1) is 17.2. The van der Waals surface area contributed by atoms with Crippen LogP contribution in [0.1, 0.15) is 48.1 Å². The Kier molecular flexibility index (Phi) is 6.41. The zero-order valence-electron chi connectivity index (χ0n) is 20.4. The van der Waals surface area contributed by atoms with Gasteiger partial charge in [0.15, 0.2) is 5.43 Å². The molecule has 1 fully saturated rings. The Bertz CT molecular complexity index is 1400. The number of ether oxygens (including phenoxy) is 3. The highest BCUT2D eigenvalue weighted by atomic mass is 35.5. The lowest BCUT2D eigenvalue weighted by atomic mass is 9.78. The summed E-state index contributed by atoms with van der Waals surface area (Å²) in [4.78, 5) is 24.6. The molecule has 0 bridgehead atoms. The fourth-order valence-electron chi connectivity index (χ4n) is 5.43. The van der Waals surface area contributed by atoms with Crippen LogP contribution in [0.3, 0.4) is 0 Å². The van der Waals surface area contributed by atoms with E-state index < -0.39 is 17.0 Å². The van der Waals surface area contributed by atoms with Gasteiger partial charge >= 0.3 is 5.97 Å². The van der Waals surface area contributed by atoms with Crippen LogP contribution >= 0.6 is 11.6 Å². The molecule has 5 rings (SSSR count). The molecule has 188 valence electrons. The van der Waals surface area contributed by atoms with E-state index in [4.69, 9.17) is 25.8 Å². The molecule has 0 saturated carbocycles. The molecule has 7 nitrogen and oxygen atoms in total. The molecule has 3 heterocycles. The van der Waals surface area contributed by atoms with Crippen LogP contribution in [0.5, 0.6) is 5.75 Å². The molecule has 1 aromatic heterocycles. The van der Waals surface area contributed by atoms with Crippen molar-refractivity contribution in [2.45, 2.75) is 37.8 Å². The van der Waals surface area contributed by atoms with Gasteiger partial charge in [0.2, 0.25) is 0 Å². The maximum atomic E-state index is 12.8. The molecule has 1 saturated heterocycles. The summed E-state index contributed by atoms with van der Waals surface area (Å²) < 4.78 is 19.5. The van der Waals surface area contributed by atoms with Gasteiger partial charge in [-0.1, -0.05) is 29.8 Å². The van der Waals surface area contributed by atoms with Crippen LogP contribution in [0.25, 0.3) is 22.4 Å². The van der Waals surface area contributed by atoms with Gasteiger partial charge < -0.3 is 23.9 Å². The van der Waals surface area contributed by atoms with E-state index in [-0.39, 0.29) is 17.5 Å². The fourth-order valence-corrected chi connectivity index (χ4v) is 5.67. The summed E-state index contributed by atoms with van der Waals surface area (Å²) in [6, 6.07) is 12.8. The summed E-state index contributed by atoms with van der Waals surface area (Å²) in [5.74, 6) is -0.599. The van der Waals surface area contributed by atoms with Crippen molar-refractivity contribution in [1.82, 2.24) is 4.57 Å². The van der Waals surface area contributed by atoms with Crippen molar-refractivity contribution in [3.63, 3.8) is 0 Å². The van der Waals surface area contributed by atoms with E-state index in [0.717, 1.165) is 28.7 Å². The van der Waals surface area contributed by atoms with Crippen LogP contribution in [-0.2, 0) is 9.47 Å². The number of hydrogen-bond acceptors (Lipinski definition) is 5. The van der Waals surface area contributed by atoms with Crippen LogP contribution in [0.2, 0.25) is 5.02 Å². The summed E-state index contributed by atoms with van der Waals surface area (Å²) in [7, 11) is 1.66. The van der Waals surface area contributed by atoms with E-state index in [1.165, 1.54) is 12.3 Å². The largest absolute Gasteiger partial charge is 0.493 e. The van der Waals surface area contributed by atoms with Gasteiger partial charge in [0.25, 0.3) is 0 Å². The summed E-state index contributed by atoms with van der Waals surface area (Å²) in [6.45, 7) is 5.50. The molecule has 2 atom stereocenters. The van der Waals surface area contributed by atoms with E-state index >= 15 is 0 Å². The van der Waals surface area contributed by atoms with Crippen molar-refractivity contribution < 1.29 is 24.1 Å². The Labute approximate surface area is 214 Å². The minimum atomic E-state index is -1.24. The Morgan fingerprint density at radius 2 is 1.94 bits per heavy atom. The van der Waals surface area contributed by atoms with Gasteiger partial charge in [-0.05, 0) is 37.6 Å². The molecule has 2 aliphatic heterocycles. The number of benzene rings is 2. The summed E-state index contributed by atoms with van der Waals surface area (Å²) >= 11 is 6.59. The van der Waals surface area contributed by atoms with Gasteiger partial charge in [0.1, 0.15) is 11.3 Å². The molecular weight excluding hydrogens is 482 g/mol. The van der Waals surface area contributed by atoms with Crippen molar-refractivity contribution in [3.8, 4) is 28.1 Å². The van der Waals surface area contributed by atoms with Crippen molar-refractivity contribution in [2.75, 3.05) is 26.9 Å². The quantitative estimate of drug-likeness (QED) is 0.429. The monoisotopic (exact) mass is 509 g/mol. The number of rotatable bonds is 7. The summed E-state index contributed by atoms with van der Waals surface area (Å²) in [5.41, 5.74) is 2.75. The third kappa shape index (κ3) is 4.11. The number of nitrogens with zero attached hydrogens (tertiary/aromatic N) is 1. The molecule has 1 unspecified atom stereocenters. The van der Waals surface area contributed by atoms with Crippen molar-refractivity contribution in [3.05, 3.63) is 75.0 Å². The van der Waals surface area contributed by atoms with Crippen molar-refractivity contribution >= 4 is 17.6 Å². The lowest BCUT2D eigenvalue weighted by molar-refractivity contribution is 0.0145. The normalized spacial score (nSPS) is 19.3. The SMILES string of the molecule is COCCCOc1cc2c(cc1-c1ccccc1Cl)-c1cc(=O)c(C(=O)O)cn1C1[C@@H]2COC1(C)C. The molecule has 0 aliphatic carbocycles. The fraction of sp³-hybridized carbons (Fsp3) is 0.357. The molecule has 3 aromatic rings. The minimum absolute atomic E-state index is 0.0479. The van der Waals surface area contributed by atoms with Gasteiger partial charge in [0, 0.05) is 60.0 Å². The maximum Gasteiger partial charge on any atom is 0.341 e. The van der Waals surface area contributed by atoms with Gasteiger partial charge in [-0.25, -0.2) is 4.79 Å². The predicted octanol–water partition coefficient (Wildman–Crippen LogP) is 5.40. The summed E-state index contributed by atoms with van der Waals surface area (Å²) in [6.07, 6.45) is 2.19. The molecule has 2 aromatic carbocycles. The number of pyridine rings is 1. The van der Waals surface area contributed by atoms with Gasteiger partial charge in [-0.3, -0.25) is 4.79 Å². The minimum Gasteiger partial charge on any atom is -0.493 e. The van der Waals surface area contributed by atoms with E-state index in [0.29, 0.717) is 36.3 Å². The number of halogens is 1. The van der Waals surface area contributed by atoms with E-state index in [1.807, 2.05) is 54.8 Å². The highest BCUT2D eigenvalue weighted by Gasteiger charge is 2.49. The number of fused-ring (bicyclic) bond motifs is 6. The van der Waals surface area contributed by atoms with E-state index in [2.05, 4.69) is 0 Å². The standard InChI is InChI=1S/C28H28ClNO6/c1-28(2)26-21(15-36-28)17-12-25(35-10-6-9-34-3)19(16-7-4-5-8-22(16)29)11-18(17)23-13-24(31)20(27(32)33)14-30(23)26/h4-5,7-8,11-14,21,26H,6,9-10,15H2,1-3H3,(H,32,33)/t21-,26?/m1/s1. The maximum absolute atomic E-state index is 12.8. The molecule has 8 heteroatoms. The second kappa shape index (κ2) is 9.39. The van der Waals surface area contributed by atoms with E-state index in [1.54, 1.807) is 7.11 Å².